The molecule has 8 nitrogen and oxygen atoms in total. The quantitative estimate of drug-likeness (QED) is 0.0692. The Bertz CT molecular complexity index is 536. The van der Waals surface area contributed by atoms with E-state index in [9.17, 15) is 30.4 Å². The molecule has 0 saturated heterocycles. The molecule has 0 amide bonds. The molecule has 222 valence electrons. The molecule has 0 aromatic carbocycles. The van der Waals surface area contributed by atoms with Gasteiger partial charge in [0.1, 0.15) is 13.2 Å². The van der Waals surface area contributed by atoms with E-state index in [2.05, 4.69) is 20.8 Å². The maximum atomic E-state index is 11.3. The van der Waals surface area contributed by atoms with Crippen LogP contribution in [0.3, 0.4) is 0 Å². The lowest BCUT2D eigenvalue weighted by atomic mass is 9.88. The van der Waals surface area contributed by atoms with Crippen LogP contribution in [-0.4, -0.2) is 44.4 Å². The van der Waals surface area contributed by atoms with Gasteiger partial charge in [0.25, 0.3) is 0 Å². The summed E-state index contributed by atoms with van der Waals surface area (Å²) in [6, 6.07) is 0. The fourth-order valence-electron chi connectivity index (χ4n) is 4.73. The van der Waals surface area contributed by atoms with Crippen LogP contribution in [0.4, 0.5) is 0 Å². The van der Waals surface area contributed by atoms with Gasteiger partial charge < -0.3 is 10.2 Å². The topological polar surface area (TPSA) is 127 Å². The van der Waals surface area contributed by atoms with Gasteiger partial charge in [0.05, 0.1) is 0 Å². The van der Waals surface area contributed by atoms with Gasteiger partial charge in [-0.1, -0.05) is 111 Å². The second kappa shape index (κ2) is 25.0. The normalized spacial score (nSPS) is 13.0. The van der Waals surface area contributed by atoms with Crippen LogP contribution in [0, 0.1) is 20.2 Å². The van der Waals surface area contributed by atoms with Crippen molar-refractivity contribution < 1.29 is 20.1 Å². The first kappa shape index (κ1) is 37.9. The van der Waals surface area contributed by atoms with E-state index in [1.54, 1.807) is 0 Å². The molecule has 0 spiro atoms. The Labute approximate surface area is 227 Å². The first-order valence-electron chi connectivity index (χ1n) is 15.3. The van der Waals surface area contributed by atoms with Gasteiger partial charge in [-0.2, -0.15) is 0 Å². The molecule has 1 atom stereocenters. The standard InChI is InChI=1S/C17H35NO3.C12H25NO3/c1-3-5-7-8-9-10-11-12-13-15-17(16-19,18(20)21)14-6-4-2;1-3-5-7-9-12(11-14,13(15)16)10-8-6-4-2/h19H,3-16H2,1-2H3;14H,3-11H2,1-2H3. The van der Waals surface area contributed by atoms with E-state index in [0.29, 0.717) is 25.7 Å². The molecule has 0 bridgehead atoms. The smallest absolute Gasteiger partial charge is 0.244 e. The second-order valence-electron chi connectivity index (χ2n) is 10.9. The molecule has 0 fully saturated rings. The summed E-state index contributed by atoms with van der Waals surface area (Å²) in [6.07, 6.45) is 20.5. The predicted molar refractivity (Wildman–Crippen MR) is 153 cm³/mol. The second-order valence-corrected chi connectivity index (χ2v) is 10.9. The predicted octanol–water partition coefficient (Wildman–Crippen LogP) is 8.26. The number of hydrogen-bond acceptors (Lipinski definition) is 6. The van der Waals surface area contributed by atoms with Crippen LogP contribution >= 0.6 is 0 Å². The van der Waals surface area contributed by atoms with E-state index in [1.165, 1.54) is 44.9 Å². The summed E-state index contributed by atoms with van der Waals surface area (Å²) in [4.78, 5) is 21.8. The number of aliphatic hydroxyl groups is 2. The van der Waals surface area contributed by atoms with E-state index in [1.807, 2.05) is 6.92 Å². The lowest BCUT2D eigenvalue weighted by Gasteiger charge is -2.23. The Morgan fingerprint density at radius 2 is 0.703 bits per heavy atom. The number of unbranched alkanes of at least 4 members (excludes halogenated alkanes) is 13. The Hall–Kier alpha value is -1.28. The molecule has 37 heavy (non-hydrogen) atoms. The molecular formula is C29H60N2O6. The molecule has 0 saturated carbocycles. The van der Waals surface area contributed by atoms with Crippen molar-refractivity contribution in [2.24, 2.45) is 0 Å². The molecule has 2 N–H and O–H groups in total. The van der Waals surface area contributed by atoms with Gasteiger partial charge >= 0.3 is 0 Å². The highest BCUT2D eigenvalue weighted by Crippen LogP contribution is 2.26. The summed E-state index contributed by atoms with van der Waals surface area (Å²) in [6.45, 7) is 7.75. The highest BCUT2D eigenvalue weighted by Gasteiger charge is 2.41. The van der Waals surface area contributed by atoms with Crippen molar-refractivity contribution in [2.75, 3.05) is 13.2 Å². The van der Waals surface area contributed by atoms with Crippen LogP contribution in [-0.2, 0) is 0 Å². The van der Waals surface area contributed by atoms with Crippen molar-refractivity contribution in [1.82, 2.24) is 0 Å². The minimum atomic E-state index is -1.09. The fourth-order valence-corrected chi connectivity index (χ4v) is 4.73. The third-order valence-corrected chi connectivity index (χ3v) is 7.60. The van der Waals surface area contributed by atoms with E-state index in [-0.39, 0.29) is 23.1 Å². The van der Waals surface area contributed by atoms with Crippen molar-refractivity contribution in [2.45, 2.75) is 174 Å². The van der Waals surface area contributed by atoms with E-state index in [0.717, 1.165) is 64.2 Å². The average Bonchev–Trinajstić information content (AvgIpc) is 2.89. The number of rotatable bonds is 25. The zero-order chi connectivity index (χ0) is 28.4. The molecule has 0 rings (SSSR count). The van der Waals surface area contributed by atoms with E-state index < -0.39 is 11.1 Å². The number of hydrogen-bond donors (Lipinski definition) is 2. The number of aliphatic hydroxyl groups excluding tert-OH is 2. The Balaban J connectivity index is 0. The third-order valence-electron chi connectivity index (χ3n) is 7.60. The zero-order valence-corrected chi connectivity index (χ0v) is 24.7. The average molecular weight is 533 g/mol. The van der Waals surface area contributed by atoms with E-state index in [4.69, 9.17) is 0 Å². The highest BCUT2D eigenvalue weighted by molar-refractivity contribution is 4.79. The molecule has 0 aliphatic carbocycles. The lowest BCUT2D eigenvalue weighted by molar-refractivity contribution is -0.576. The van der Waals surface area contributed by atoms with Gasteiger partial charge in [-0.25, -0.2) is 0 Å². The van der Waals surface area contributed by atoms with Crippen molar-refractivity contribution in [3.63, 3.8) is 0 Å². The summed E-state index contributed by atoms with van der Waals surface area (Å²) < 4.78 is 0. The Morgan fingerprint density at radius 1 is 0.459 bits per heavy atom. The van der Waals surface area contributed by atoms with Gasteiger partial charge in [-0.15, -0.1) is 0 Å². The summed E-state index contributed by atoms with van der Waals surface area (Å²) in [5.41, 5.74) is -2.17. The largest absolute Gasteiger partial charge is 0.389 e. The van der Waals surface area contributed by atoms with Crippen LogP contribution in [0.2, 0.25) is 0 Å². The van der Waals surface area contributed by atoms with Crippen LogP contribution < -0.4 is 0 Å². The van der Waals surface area contributed by atoms with Crippen molar-refractivity contribution in [3.8, 4) is 0 Å². The van der Waals surface area contributed by atoms with Gasteiger partial charge in [0, 0.05) is 35.5 Å². The number of nitro groups is 2. The van der Waals surface area contributed by atoms with Crippen molar-refractivity contribution in [1.29, 1.82) is 0 Å². The molecule has 0 aliphatic heterocycles. The van der Waals surface area contributed by atoms with Crippen LogP contribution in [0.25, 0.3) is 0 Å². The highest BCUT2D eigenvalue weighted by atomic mass is 16.6. The summed E-state index contributed by atoms with van der Waals surface area (Å²) in [5, 5.41) is 41.1. The Kier molecular flexibility index (Phi) is 25.6. The molecule has 0 aromatic heterocycles. The minimum Gasteiger partial charge on any atom is -0.389 e. The molecule has 0 aliphatic rings. The molecule has 0 aromatic rings. The van der Waals surface area contributed by atoms with Gasteiger partial charge in [-0.3, -0.25) is 20.2 Å². The zero-order valence-electron chi connectivity index (χ0n) is 24.7. The van der Waals surface area contributed by atoms with Crippen molar-refractivity contribution >= 4 is 0 Å². The fraction of sp³-hybridized carbons (Fsp3) is 1.00. The van der Waals surface area contributed by atoms with Crippen LogP contribution in [0.5, 0.6) is 0 Å². The molecule has 0 radical (unpaired) electrons. The van der Waals surface area contributed by atoms with Gasteiger partial charge in [-0.05, 0) is 25.7 Å². The number of nitrogens with zero attached hydrogens (tertiary/aromatic N) is 2. The maximum Gasteiger partial charge on any atom is 0.244 e. The minimum absolute atomic E-state index is 0.243. The molecule has 8 heteroatoms. The first-order chi connectivity index (χ1) is 17.8. The van der Waals surface area contributed by atoms with Crippen LogP contribution in [0.1, 0.15) is 163 Å². The van der Waals surface area contributed by atoms with Crippen LogP contribution in [0.15, 0.2) is 0 Å². The molecule has 0 heterocycles. The van der Waals surface area contributed by atoms with Crippen molar-refractivity contribution in [3.05, 3.63) is 20.2 Å². The van der Waals surface area contributed by atoms with Gasteiger partial charge in [0.15, 0.2) is 0 Å². The summed E-state index contributed by atoms with van der Waals surface area (Å²) in [5.74, 6) is 0. The molecule has 1 unspecified atom stereocenters. The maximum absolute atomic E-state index is 11.3. The monoisotopic (exact) mass is 532 g/mol. The first-order valence-corrected chi connectivity index (χ1v) is 15.3. The third kappa shape index (κ3) is 17.8. The molecular weight excluding hydrogens is 472 g/mol. The lowest BCUT2D eigenvalue weighted by Crippen LogP contribution is -2.42. The summed E-state index contributed by atoms with van der Waals surface area (Å²) in [7, 11) is 0. The Morgan fingerprint density at radius 3 is 1.00 bits per heavy atom. The van der Waals surface area contributed by atoms with Gasteiger partial charge in [0.2, 0.25) is 11.1 Å². The summed E-state index contributed by atoms with van der Waals surface area (Å²) >= 11 is 0. The SMILES string of the molecule is CCCCCC(CO)(CCCCC)[N+](=O)[O-].CCCCCCCCCCCC(CO)(CCCC)[N+](=O)[O-]. The van der Waals surface area contributed by atoms with E-state index >= 15 is 0 Å².